The van der Waals surface area contributed by atoms with E-state index in [0.29, 0.717) is 0 Å². The minimum atomic E-state index is 1.25. The Labute approximate surface area is 244 Å². The summed E-state index contributed by atoms with van der Waals surface area (Å²) in [6.45, 7) is 0. The molecule has 0 heterocycles. The molecule has 42 heavy (non-hydrogen) atoms. The summed E-state index contributed by atoms with van der Waals surface area (Å²) in [5.74, 6) is 0. The molecule has 9 rings (SSSR count). The van der Waals surface area contributed by atoms with E-state index >= 15 is 0 Å². The van der Waals surface area contributed by atoms with Crippen LogP contribution in [0.15, 0.2) is 158 Å². The third-order valence-corrected chi connectivity index (χ3v) is 8.96. The third kappa shape index (κ3) is 3.49. The van der Waals surface area contributed by atoms with Crippen LogP contribution in [-0.4, -0.2) is 0 Å². The lowest BCUT2D eigenvalue weighted by atomic mass is 9.85. The molecule has 0 atom stereocenters. The van der Waals surface area contributed by atoms with Gasteiger partial charge in [-0.3, -0.25) is 0 Å². The van der Waals surface area contributed by atoms with Crippen molar-refractivity contribution in [2.24, 2.45) is 0 Å². The topological polar surface area (TPSA) is 0 Å². The van der Waals surface area contributed by atoms with Crippen molar-refractivity contribution in [3.8, 4) is 22.3 Å². The van der Waals surface area contributed by atoms with Gasteiger partial charge in [0.15, 0.2) is 0 Å². The van der Waals surface area contributed by atoms with Crippen molar-refractivity contribution in [1.82, 2.24) is 0 Å². The molecule has 0 aromatic heterocycles. The van der Waals surface area contributed by atoms with E-state index in [1.54, 1.807) is 0 Å². The molecule has 0 aliphatic carbocycles. The second-order valence-corrected chi connectivity index (χ2v) is 11.3. The van der Waals surface area contributed by atoms with E-state index in [2.05, 4.69) is 158 Å². The highest BCUT2D eigenvalue weighted by molar-refractivity contribution is 6.23. The number of hydrogen-bond acceptors (Lipinski definition) is 0. The van der Waals surface area contributed by atoms with Crippen LogP contribution in [0.3, 0.4) is 0 Å². The number of benzene rings is 9. The summed E-state index contributed by atoms with van der Waals surface area (Å²) in [5, 5.41) is 15.4. The van der Waals surface area contributed by atoms with Crippen LogP contribution in [0.5, 0.6) is 0 Å². The summed E-state index contributed by atoms with van der Waals surface area (Å²) >= 11 is 0. The molecule has 0 spiro atoms. The lowest BCUT2D eigenvalue weighted by Crippen LogP contribution is -1.91. The Bertz CT molecular complexity index is 2460. The quantitative estimate of drug-likeness (QED) is 0.154. The Morgan fingerprint density at radius 1 is 0.214 bits per heavy atom. The summed E-state index contributed by atoms with van der Waals surface area (Å²) in [5.41, 5.74) is 5.10. The summed E-state index contributed by atoms with van der Waals surface area (Å²) in [6.07, 6.45) is 0. The first-order valence-corrected chi connectivity index (χ1v) is 14.6. The molecule has 0 aliphatic rings. The fourth-order valence-electron chi connectivity index (χ4n) is 6.99. The summed E-state index contributed by atoms with van der Waals surface area (Å²) in [7, 11) is 0. The third-order valence-electron chi connectivity index (χ3n) is 8.96. The van der Waals surface area contributed by atoms with Crippen LogP contribution in [0.25, 0.3) is 86.9 Å². The van der Waals surface area contributed by atoms with Gasteiger partial charge in [-0.05, 0) is 111 Å². The van der Waals surface area contributed by atoms with E-state index in [0.717, 1.165) is 0 Å². The minimum absolute atomic E-state index is 1.25. The van der Waals surface area contributed by atoms with Crippen LogP contribution < -0.4 is 0 Å². The molecule has 0 heteroatoms. The van der Waals surface area contributed by atoms with Crippen molar-refractivity contribution in [3.63, 3.8) is 0 Å². The van der Waals surface area contributed by atoms with Gasteiger partial charge < -0.3 is 0 Å². The summed E-state index contributed by atoms with van der Waals surface area (Å²) in [4.78, 5) is 0. The fraction of sp³-hybridized carbons (Fsp3) is 0. The normalized spacial score (nSPS) is 11.8. The van der Waals surface area contributed by atoms with Crippen molar-refractivity contribution < 1.29 is 0 Å². The molecule has 9 aromatic rings. The summed E-state index contributed by atoms with van der Waals surface area (Å²) < 4.78 is 0. The maximum Gasteiger partial charge on any atom is -0.00261 e. The second-order valence-electron chi connectivity index (χ2n) is 11.3. The van der Waals surface area contributed by atoms with Gasteiger partial charge in [0.05, 0.1) is 0 Å². The van der Waals surface area contributed by atoms with Gasteiger partial charge in [-0.1, -0.05) is 133 Å². The summed E-state index contributed by atoms with van der Waals surface area (Å²) in [6, 6.07) is 58.2. The molecule has 0 aliphatic heterocycles. The molecule has 194 valence electrons. The number of hydrogen-bond donors (Lipinski definition) is 0. The zero-order valence-corrected chi connectivity index (χ0v) is 23.0. The maximum atomic E-state index is 2.41. The average Bonchev–Trinajstić information content (AvgIpc) is 3.05. The van der Waals surface area contributed by atoms with Crippen molar-refractivity contribution in [3.05, 3.63) is 158 Å². The van der Waals surface area contributed by atoms with Gasteiger partial charge >= 0.3 is 0 Å². The van der Waals surface area contributed by atoms with Crippen LogP contribution in [-0.2, 0) is 0 Å². The molecular weight excluding hydrogens is 504 g/mol. The van der Waals surface area contributed by atoms with Gasteiger partial charge in [0.1, 0.15) is 0 Å². The van der Waals surface area contributed by atoms with Crippen LogP contribution in [0, 0.1) is 0 Å². The molecule has 0 saturated carbocycles. The lowest BCUT2D eigenvalue weighted by Gasteiger charge is -2.18. The Morgan fingerprint density at radius 2 is 0.619 bits per heavy atom. The second kappa shape index (κ2) is 9.03. The Kier molecular flexibility index (Phi) is 5.00. The monoisotopic (exact) mass is 530 g/mol. The molecule has 0 nitrogen and oxygen atoms in total. The largest absolute Gasteiger partial charge is 0.0616 e. The van der Waals surface area contributed by atoms with Crippen molar-refractivity contribution in [2.75, 3.05) is 0 Å². The molecule has 0 saturated heterocycles. The van der Waals surface area contributed by atoms with Crippen LogP contribution in [0.4, 0.5) is 0 Å². The Morgan fingerprint density at radius 3 is 1.24 bits per heavy atom. The highest BCUT2D eigenvalue weighted by Crippen LogP contribution is 2.45. The zero-order valence-electron chi connectivity index (χ0n) is 23.0. The zero-order chi connectivity index (χ0) is 27.6. The van der Waals surface area contributed by atoms with Gasteiger partial charge in [-0.25, -0.2) is 0 Å². The maximum absolute atomic E-state index is 2.41. The number of fused-ring (bicyclic) bond motifs is 7. The molecule has 0 unspecified atom stereocenters. The van der Waals surface area contributed by atoms with Gasteiger partial charge in [0.2, 0.25) is 0 Å². The fourth-order valence-corrected chi connectivity index (χ4v) is 6.99. The van der Waals surface area contributed by atoms with Crippen molar-refractivity contribution in [1.29, 1.82) is 0 Å². The lowest BCUT2D eigenvalue weighted by molar-refractivity contribution is 1.68. The average molecular weight is 531 g/mol. The van der Waals surface area contributed by atoms with Gasteiger partial charge in [0, 0.05) is 0 Å². The first-order valence-electron chi connectivity index (χ1n) is 14.6. The molecular formula is C42H26. The van der Waals surface area contributed by atoms with Crippen molar-refractivity contribution in [2.45, 2.75) is 0 Å². The van der Waals surface area contributed by atoms with Gasteiger partial charge in [-0.15, -0.1) is 0 Å². The number of rotatable bonds is 2. The molecule has 0 fully saturated rings. The smallest absolute Gasteiger partial charge is 0.00261 e. The van der Waals surface area contributed by atoms with Crippen molar-refractivity contribution >= 4 is 64.6 Å². The van der Waals surface area contributed by atoms with E-state index in [1.807, 2.05) is 0 Å². The van der Waals surface area contributed by atoms with E-state index in [1.165, 1.54) is 86.9 Å². The van der Waals surface area contributed by atoms with Gasteiger partial charge in [0.25, 0.3) is 0 Å². The Hall–Kier alpha value is -5.46. The molecule has 0 N–H and O–H groups in total. The first-order chi connectivity index (χ1) is 20.8. The van der Waals surface area contributed by atoms with Crippen LogP contribution >= 0.6 is 0 Å². The predicted octanol–water partition coefficient (Wildman–Crippen LogP) is 11.9. The minimum Gasteiger partial charge on any atom is -0.0616 e. The molecule has 0 bridgehead atoms. The predicted molar refractivity (Wildman–Crippen MR) is 182 cm³/mol. The first kappa shape index (κ1) is 23.3. The standard InChI is InChI=1S/C42H26/c1-2-10-29-24-33(21-17-27(29)9-1)41-35-13-5-7-15-37(35)42(38-16-8-6-14-36(38)41)34-22-19-28-18-20-32-23-30-11-3-4-12-31(30)25-40(32)39(28)26-34/h1-26H. The van der Waals surface area contributed by atoms with E-state index < -0.39 is 0 Å². The van der Waals surface area contributed by atoms with Crippen LogP contribution in [0.1, 0.15) is 0 Å². The van der Waals surface area contributed by atoms with Gasteiger partial charge in [-0.2, -0.15) is 0 Å². The SMILES string of the molecule is c1ccc2cc(-c3c4ccccc4c(-c4ccc5ccc6cc7ccccc7cc6c5c4)c4ccccc34)ccc2c1. The molecule has 9 aromatic carbocycles. The van der Waals surface area contributed by atoms with E-state index in [4.69, 9.17) is 0 Å². The van der Waals surface area contributed by atoms with E-state index in [9.17, 15) is 0 Å². The highest BCUT2D eigenvalue weighted by Gasteiger charge is 2.17. The van der Waals surface area contributed by atoms with E-state index in [-0.39, 0.29) is 0 Å². The molecule has 0 radical (unpaired) electrons. The Balaban J connectivity index is 1.37. The van der Waals surface area contributed by atoms with Crippen LogP contribution in [0.2, 0.25) is 0 Å². The highest BCUT2D eigenvalue weighted by atomic mass is 14.2. The molecule has 0 amide bonds.